The first-order valence-electron chi connectivity index (χ1n) is 7.01. The van der Waals surface area contributed by atoms with E-state index in [1.165, 1.54) is 0 Å². The molecule has 1 aromatic rings. The number of benzene rings is 1. The number of rotatable bonds is 5. The van der Waals surface area contributed by atoms with Crippen LogP contribution in [0.2, 0.25) is 0 Å². The smallest absolute Gasteiger partial charge is 0.321 e. The first-order chi connectivity index (χ1) is 9.54. The van der Waals surface area contributed by atoms with Gasteiger partial charge in [-0.1, -0.05) is 44.2 Å². The maximum Gasteiger partial charge on any atom is 0.321 e. The number of aliphatic carboxylic acids is 1. The predicted octanol–water partition coefficient (Wildman–Crippen LogP) is 2.01. The van der Waals surface area contributed by atoms with Crippen LogP contribution in [0, 0.1) is 11.8 Å². The first-order valence-corrected chi connectivity index (χ1v) is 7.01. The molecule has 1 aliphatic rings. The third-order valence-electron chi connectivity index (χ3n) is 4.07. The topological polar surface area (TPSA) is 57.6 Å². The Kier molecular flexibility index (Phi) is 4.55. The molecule has 2 rings (SSSR count). The van der Waals surface area contributed by atoms with Crippen molar-refractivity contribution in [2.45, 2.75) is 25.8 Å². The molecule has 20 heavy (non-hydrogen) atoms. The first kappa shape index (κ1) is 14.7. The zero-order valence-electron chi connectivity index (χ0n) is 11.9. The second-order valence-corrected chi connectivity index (χ2v) is 5.80. The van der Waals surface area contributed by atoms with Crippen LogP contribution in [0.5, 0.6) is 0 Å². The molecule has 1 heterocycles. The molecule has 1 saturated heterocycles. The SMILES string of the molecule is CC(C)[C@H](C(=O)O)N1C[C@H](c2ccccc2)[C@@H](C=O)C1. The van der Waals surface area contributed by atoms with E-state index >= 15 is 0 Å². The molecule has 0 aliphatic carbocycles. The molecule has 1 aromatic carbocycles. The van der Waals surface area contributed by atoms with Crippen LogP contribution in [0.1, 0.15) is 25.3 Å². The van der Waals surface area contributed by atoms with Gasteiger partial charge in [-0.3, -0.25) is 9.69 Å². The minimum absolute atomic E-state index is 0.0225. The maximum atomic E-state index is 11.4. The Hall–Kier alpha value is -1.68. The summed E-state index contributed by atoms with van der Waals surface area (Å²) in [6.45, 7) is 4.97. The van der Waals surface area contributed by atoms with E-state index in [9.17, 15) is 14.7 Å². The fraction of sp³-hybridized carbons (Fsp3) is 0.500. The van der Waals surface area contributed by atoms with Gasteiger partial charge in [0.15, 0.2) is 0 Å². The van der Waals surface area contributed by atoms with Crippen molar-refractivity contribution in [1.82, 2.24) is 4.90 Å². The molecular weight excluding hydrogens is 254 g/mol. The van der Waals surface area contributed by atoms with Gasteiger partial charge in [-0.2, -0.15) is 0 Å². The summed E-state index contributed by atoms with van der Waals surface area (Å²) in [5.74, 6) is -0.819. The molecule has 0 saturated carbocycles. The van der Waals surface area contributed by atoms with Crippen LogP contribution in [0.15, 0.2) is 30.3 Å². The predicted molar refractivity (Wildman–Crippen MR) is 76.6 cm³/mol. The van der Waals surface area contributed by atoms with E-state index in [2.05, 4.69) is 0 Å². The van der Waals surface area contributed by atoms with Crippen LogP contribution >= 0.6 is 0 Å². The van der Waals surface area contributed by atoms with E-state index in [1.54, 1.807) is 0 Å². The lowest BCUT2D eigenvalue weighted by Crippen LogP contribution is -2.43. The molecule has 4 nitrogen and oxygen atoms in total. The Labute approximate surface area is 119 Å². The molecule has 108 valence electrons. The summed E-state index contributed by atoms with van der Waals surface area (Å²) < 4.78 is 0. The molecule has 0 radical (unpaired) electrons. The quantitative estimate of drug-likeness (QED) is 0.835. The van der Waals surface area contributed by atoms with Gasteiger partial charge in [-0.05, 0) is 11.5 Å². The van der Waals surface area contributed by atoms with E-state index < -0.39 is 12.0 Å². The van der Waals surface area contributed by atoms with Crippen molar-refractivity contribution in [3.05, 3.63) is 35.9 Å². The summed E-state index contributed by atoms with van der Waals surface area (Å²) in [4.78, 5) is 24.7. The van der Waals surface area contributed by atoms with E-state index in [0.29, 0.717) is 13.1 Å². The van der Waals surface area contributed by atoms with Gasteiger partial charge in [0, 0.05) is 24.9 Å². The molecular formula is C16H21NO3. The molecule has 3 atom stereocenters. The van der Waals surface area contributed by atoms with E-state index in [4.69, 9.17) is 0 Å². The van der Waals surface area contributed by atoms with Gasteiger partial charge in [-0.15, -0.1) is 0 Å². The number of carbonyl (C=O) groups excluding carboxylic acids is 1. The Bertz CT molecular complexity index is 472. The highest BCUT2D eigenvalue weighted by Crippen LogP contribution is 2.33. The summed E-state index contributed by atoms with van der Waals surface area (Å²) in [5.41, 5.74) is 1.11. The fourth-order valence-corrected chi connectivity index (χ4v) is 3.14. The van der Waals surface area contributed by atoms with Gasteiger partial charge in [0.1, 0.15) is 12.3 Å². The summed E-state index contributed by atoms with van der Waals surface area (Å²) in [6.07, 6.45) is 0.969. The number of hydrogen-bond acceptors (Lipinski definition) is 3. The van der Waals surface area contributed by atoms with Crippen molar-refractivity contribution < 1.29 is 14.7 Å². The number of hydrogen-bond donors (Lipinski definition) is 1. The molecule has 0 unspecified atom stereocenters. The number of nitrogens with zero attached hydrogens (tertiary/aromatic N) is 1. The maximum absolute atomic E-state index is 11.4. The van der Waals surface area contributed by atoms with Crippen LogP contribution in [0.3, 0.4) is 0 Å². The Morgan fingerprint density at radius 2 is 1.95 bits per heavy atom. The minimum atomic E-state index is -0.807. The van der Waals surface area contributed by atoms with Crippen LogP contribution in [0.4, 0.5) is 0 Å². The van der Waals surface area contributed by atoms with Gasteiger partial charge in [0.25, 0.3) is 0 Å². The van der Waals surface area contributed by atoms with Gasteiger partial charge >= 0.3 is 5.97 Å². The summed E-state index contributed by atoms with van der Waals surface area (Å²) >= 11 is 0. The van der Waals surface area contributed by atoms with Crippen LogP contribution in [-0.4, -0.2) is 41.4 Å². The molecule has 1 fully saturated rings. The molecule has 0 spiro atoms. The summed E-state index contributed by atoms with van der Waals surface area (Å²) in [6, 6.07) is 9.35. The van der Waals surface area contributed by atoms with E-state index in [1.807, 2.05) is 49.1 Å². The molecule has 1 aliphatic heterocycles. The number of carboxylic acids is 1. The van der Waals surface area contributed by atoms with Crippen molar-refractivity contribution in [2.24, 2.45) is 11.8 Å². The average molecular weight is 275 g/mol. The highest BCUT2D eigenvalue weighted by atomic mass is 16.4. The summed E-state index contributed by atoms with van der Waals surface area (Å²) in [5, 5.41) is 9.39. The highest BCUT2D eigenvalue weighted by Gasteiger charge is 2.40. The highest BCUT2D eigenvalue weighted by molar-refractivity contribution is 5.74. The largest absolute Gasteiger partial charge is 0.480 e. The number of aldehydes is 1. The number of carbonyl (C=O) groups is 2. The van der Waals surface area contributed by atoms with Gasteiger partial charge < -0.3 is 9.90 Å². The second-order valence-electron chi connectivity index (χ2n) is 5.80. The fourth-order valence-electron chi connectivity index (χ4n) is 3.14. The monoisotopic (exact) mass is 275 g/mol. The Balaban J connectivity index is 2.21. The Morgan fingerprint density at radius 3 is 2.45 bits per heavy atom. The normalized spacial score (nSPS) is 24.8. The zero-order valence-corrected chi connectivity index (χ0v) is 11.9. The van der Waals surface area contributed by atoms with Crippen LogP contribution in [0.25, 0.3) is 0 Å². The lowest BCUT2D eigenvalue weighted by molar-refractivity contribution is -0.144. The number of carboxylic acid groups (broad SMARTS) is 1. The zero-order chi connectivity index (χ0) is 14.7. The molecule has 4 heteroatoms. The van der Waals surface area contributed by atoms with Crippen molar-refractivity contribution >= 4 is 12.3 Å². The van der Waals surface area contributed by atoms with E-state index in [-0.39, 0.29) is 17.8 Å². The lowest BCUT2D eigenvalue weighted by atomic mass is 9.90. The average Bonchev–Trinajstić information content (AvgIpc) is 2.82. The second kappa shape index (κ2) is 6.18. The van der Waals surface area contributed by atoms with Crippen LogP contribution in [-0.2, 0) is 9.59 Å². The van der Waals surface area contributed by atoms with Crippen molar-refractivity contribution in [3.63, 3.8) is 0 Å². The minimum Gasteiger partial charge on any atom is -0.480 e. The van der Waals surface area contributed by atoms with Crippen molar-refractivity contribution in [3.8, 4) is 0 Å². The van der Waals surface area contributed by atoms with Gasteiger partial charge in [0.2, 0.25) is 0 Å². The molecule has 0 amide bonds. The van der Waals surface area contributed by atoms with Crippen molar-refractivity contribution in [2.75, 3.05) is 13.1 Å². The van der Waals surface area contributed by atoms with Gasteiger partial charge in [-0.25, -0.2) is 0 Å². The molecule has 0 bridgehead atoms. The number of likely N-dealkylation sites (tertiary alicyclic amines) is 1. The molecule has 0 aromatic heterocycles. The van der Waals surface area contributed by atoms with Crippen molar-refractivity contribution in [1.29, 1.82) is 0 Å². The van der Waals surface area contributed by atoms with Crippen LogP contribution < -0.4 is 0 Å². The van der Waals surface area contributed by atoms with E-state index in [0.717, 1.165) is 11.8 Å². The standard InChI is InChI=1S/C16H21NO3/c1-11(2)15(16(19)20)17-8-13(10-18)14(9-17)12-6-4-3-5-7-12/h3-7,10-11,13-15H,8-9H2,1-2H3,(H,19,20)/t13-,14-,15-/m1/s1. The Morgan fingerprint density at radius 1 is 1.30 bits per heavy atom. The third-order valence-corrected chi connectivity index (χ3v) is 4.07. The molecule has 1 N–H and O–H groups in total. The third kappa shape index (κ3) is 2.90. The lowest BCUT2D eigenvalue weighted by Gasteiger charge is -2.27. The summed E-state index contributed by atoms with van der Waals surface area (Å²) in [7, 11) is 0. The van der Waals surface area contributed by atoms with Gasteiger partial charge in [0.05, 0.1) is 0 Å².